The molecule has 0 aliphatic heterocycles. The summed E-state index contributed by atoms with van der Waals surface area (Å²) in [7, 11) is 2.65. The Hall–Kier alpha value is 0.537. The van der Waals surface area contributed by atoms with E-state index < -0.39 is 8.80 Å². The summed E-state index contributed by atoms with van der Waals surface area (Å²) in [5.74, 6) is 0. The van der Waals surface area contributed by atoms with Gasteiger partial charge in [0.25, 0.3) is 0 Å². The van der Waals surface area contributed by atoms with Gasteiger partial charge >= 0.3 is 8.80 Å². The number of hydrogen-bond donors (Lipinski definition) is 1. The highest BCUT2D eigenvalue weighted by atomic mass is 79.9. The standard InChI is InChI=1S/C26H57NO3Si.BrH/c1-7-8-9-10-11-12-13-14-15-16-17-18-19-20-21-23-26(2,3)27-24-22-25-31(28-4,29-5)30-6;/h27H,7-25H2,1-6H3;1H. The summed E-state index contributed by atoms with van der Waals surface area (Å²) in [5.41, 5.74) is 0.202. The van der Waals surface area contributed by atoms with E-state index in [0.29, 0.717) is 0 Å². The third kappa shape index (κ3) is 20.0. The Morgan fingerprint density at radius 3 is 1.34 bits per heavy atom. The quantitative estimate of drug-likeness (QED) is 0.0985. The molecule has 0 unspecified atom stereocenters. The minimum absolute atomic E-state index is 0. The molecule has 0 spiro atoms. The maximum absolute atomic E-state index is 5.50. The fraction of sp³-hybridized carbons (Fsp3) is 1.00. The lowest BCUT2D eigenvalue weighted by molar-refractivity contribution is 0.122. The molecule has 0 fully saturated rings. The SMILES string of the molecule is Br.CCCCCCCCCCCCCCCCCC(C)(C)NCCC[Si](OC)(OC)OC. The lowest BCUT2D eigenvalue weighted by Gasteiger charge is -2.28. The van der Waals surface area contributed by atoms with Crippen LogP contribution in [0.4, 0.5) is 0 Å². The van der Waals surface area contributed by atoms with Crippen LogP contribution in [0.3, 0.4) is 0 Å². The Kier molecular flexibility index (Phi) is 25.3. The molecule has 0 aromatic heterocycles. The van der Waals surface area contributed by atoms with Crippen LogP contribution in [0.2, 0.25) is 6.04 Å². The molecule has 0 atom stereocenters. The van der Waals surface area contributed by atoms with E-state index in [1.54, 1.807) is 21.3 Å². The van der Waals surface area contributed by atoms with Crippen molar-refractivity contribution in [1.29, 1.82) is 0 Å². The molecule has 196 valence electrons. The first-order valence-electron chi connectivity index (χ1n) is 13.4. The largest absolute Gasteiger partial charge is 0.500 e. The van der Waals surface area contributed by atoms with Crippen molar-refractivity contribution in [3.63, 3.8) is 0 Å². The predicted molar refractivity (Wildman–Crippen MR) is 148 cm³/mol. The highest BCUT2D eigenvalue weighted by molar-refractivity contribution is 8.93. The van der Waals surface area contributed by atoms with E-state index in [1.165, 1.54) is 103 Å². The number of unbranched alkanes of at least 4 members (excludes halogenated alkanes) is 14. The molecule has 4 nitrogen and oxygen atoms in total. The van der Waals surface area contributed by atoms with Crippen LogP contribution in [0, 0.1) is 0 Å². The Morgan fingerprint density at radius 1 is 0.594 bits per heavy atom. The summed E-state index contributed by atoms with van der Waals surface area (Å²) in [6.45, 7) is 7.92. The molecule has 0 rings (SSSR count). The summed E-state index contributed by atoms with van der Waals surface area (Å²) in [4.78, 5) is 0. The molecule has 0 bridgehead atoms. The molecule has 0 aliphatic carbocycles. The number of hydrogen-bond acceptors (Lipinski definition) is 4. The van der Waals surface area contributed by atoms with Crippen molar-refractivity contribution in [3.8, 4) is 0 Å². The van der Waals surface area contributed by atoms with Crippen molar-refractivity contribution in [2.75, 3.05) is 27.9 Å². The van der Waals surface area contributed by atoms with Gasteiger partial charge in [-0.1, -0.05) is 103 Å². The van der Waals surface area contributed by atoms with E-state index >= 15 is 0 Å². The van der Waals surface area contributed by atoms with Crippen LogP contribution in [0.1, 0.15) is 130 Å². The van der Waals surface area contributed by atoms with Gasteiger partial charge in [-0.05, 0) is 33.2 Å². The first-order chi connectivity index (χ1) is 14.9. The van der Waals surface area contributed by atoms with E-state index in [1.807, 2.05) is 0 Å². The van der Waals surface area contributed by atoms with Gasteiger partial charge in [-0.15, -0.1) is 17.0 Å². The third-order valence-electron chi connectivity index (χ3n) is 6.60. The maximum Gasteiger partial charge on any atom is 0.500 e. The third-order valence-corrected chi connectivity index (χ3v) is 9.43. The highest BCUT2D eigenvalue weighted by Gasteiger charge is 2.36. The molecular formula is C26H58BrNO3Si. The molecule has 6 heteroatoms. The van der Waals surface area contributed by atoms with Crippen LogP contribution in [0.5, 0.6) is 0 Å². The van der Waals surface area contributed by atoms with Crippen LogP contribution in [-0.2, 0) is 13.3 Å². The van der Waals surface area contributed by atoms with E-state index in [0.717, 1.165) is 19.0 Å². The molecule has 0 radical (unpaired) electrons. The van der Waals surface area contributed by atoms with Crippen molar-refractivity contribution < 1.29 is 13.3 Å². The minimum Gasteiger partial charge on any atom is -0.377 e. The van der Waals surface area contributed by atoms with E-state index in [-0.39, 0.29) is 22.5 Å². The molecule has 0 saturated heterocycles. The van der Waals surface area contributed by atoms with E-state index in [9.17, 15) is 0 Å². The second-order valence-electron chi connectivity index (χ2n) is 9.91. The van der Waals surface area contributed by atoms with Crippen LogP contribution in [-0.4, -0.2) is 42.2 Å². The molecule has 0 aromatic carbocycles. The van der Waals surface area contributed by atoms with Gasteiger partial charge in [0, 0.05) is 32.9 Å². The molecule has 0 aromatic rings. The Balaban J connectivity index is 0. The summed E-state index contributed by atoms with van der Waals surface area (Å²) in [6, 6.07) is 0.860. The van der Waals surface area contributed by atoms with Gasteiger partial charge in [-0.3, -0.25) is 0 Å². The van der Waals surface area contributed by atoms with Crippen molar-refractivity contribution in [2.24, 2.45) is 0 Å². The van der Waals surface area contributed by atoms with Gasteiger partial charge in [0.1, 0.15) is 0 Å². The molecule has 1 N–H and O–H groups in total. The first-order valence-corrected chi connectivity index (χ1v) is 15.3. The molecule has 0 aliphatic rings. The van der Waals surface area contributed by atoms with Crippen LogP contribution in [0.25, 0.3) is 0 Å². The van der Waals surface area contributed by atoms with Crippen molar-refractivity contribution in [1.82, 2.24) is 5.32 Å². The Labute approximate surface area is 213 Å². The van der Waals surface area contributed by atoms with Gasteiger partial charge < -0.3 is 18.6 Å². The van der Waals surface area contributed by atoms with Crippen molar-refractivity contribution in [2.45, 2.75) is 142 Å². The Morgan fingerprint density at radius 2 is 0.969 bits per heavy atom. The second kappa shape index (κ2) is 23.3. The fourth-order valence-electron chi connectivity index (χ4n) is 4.31. The zero-order valence-electron chi connectivity index (χ0n) is 22.6. The summed E-state index contributed by atoms with van der Waals surface area (Å²) in [6.07, 6.45) is 23.6. The van der Waals surface area contributed by atoms with Gasteiger partial charge in [0.15, 0.2) is 0 Å². The molecular weight excluding hydrogens is 482 g/mol. The first kappa shape index (κ1) is 34.7. The average molecular weight is 541 g/mol. The van der Waals surface area contributed by atoms with Crippen LogP contribution < -0.4 is 5.32 Å². The van der Waals surface area contributed by atoms with Crippen molar-refractivity contribution in [3.05, 3.63) is 0 Å². The molecule has 0 heterocycles. The monoisotopic (exact) mass is 539 g/mol. The minimum atomic E-state index is -2.42. The molecule has 0 amide bonds. The topological polar surface area (TPSA) is 39.7 Å². The highest BCUT2D eigenvalue weighted by Crippen LogP contribution is 2.18. The number of nitrogens with one attached hydrogen (secondary N) is 1. The second-order valence-corrected chi connectivity index (χ2v) is 13.0. The van der Waals surface area contributed by atoms with Gasteiger partial charge in [0.2, 0.25) is 0 Å². The fourth-order valence-corrected chi connectivity index (χ4v) is 6.04. The van der Waals surface area contributed by atoms with Crippen LogP contribution >= 0.6 is 17.0 Å². The summed E-state index contributed by atoms with van der Waals surface area (Å²) >= 11 is 0. The summed E-state index contributed by atoms with van der Waals surface area (Å²) in [5, 5.41) is 3.71. The number of halogens is 1. The summed E-state index contributed by atoms with van der Waals surface area (Å²) < 4.78 is 16.5. The van der Waals surface area contributed by atoms with Gasteiger partial charge in [0.05, 0.1) is 0 Å². The van der Waals surface area contributed by atoms with E-state index in [2.05, 4.69) is 26.1 Å². The smallest absolute Gasteiger partial charge is 0.377 e. The Bertz CT molecular complexity index is 374. The lowest BCUT2D eigenvalue weighted by atomic mass is 9.95. The predicted octanol–water partition coefficient (Wildman–Crippen LogP) is 8.46. The molecule has 0 saturated carbocycles. The van der Waals surface area contributed by atoms with Crippen molar-refractivity contribution >= 4 is 25.8 Å². The molecule has 32 heavy (non-hydrogen) atoms. The van der Waals surface area contributed by atoms with Gasteiger partial charge in [-0.2, -0.15) is 0 Å². The zero-order valence-corrected chi connectivity index (χ0v) is 25.3. The lowest BCUT2D eigenvalue weighted by Crippen LogP contribution is -2.44. The number of rotatable bonds is 24. The zero-order chi connectivity index (χ0) is 23.3. The maximum atomic E-state index is 5.50. The average Bonchev–Trinajstić information content (AvgIpc) is 2.77. The normalized spacial score (nSPS) is 12.2. The van der Waals surface area contributed by atoms with E-state index in [4.69, 9.17) is 13.3 Å². The van der Waals surface area contributed by atoms with Gasteiger partial charge in [-0.25, -0.2) is 0 Å². The van der Waals surface area contributed by atoms with Crippen LogP contribution in [0.15, 0.2) is 0 Å².